The Balaban J connectivity index is 1.71. The minimum absolute atomic E-state index is 0.00925. The SMILES string of the molecule is CC=CC=Cc1cc2cc3c(c(O)c2c(=O)[nH]1)[C@@]1(CC3)C(O)=c2c(=O)c3c(=O)cc(OCCBr)c(=O)c=3c(=O)c2=C1O. The van der Waals surface area contributed by atoms with E-state index in [0.717, 1.165) is 6.07 Å². The van der Waals surface area contributed by atoms with E-state index in [9.17, 15) is 39.3 Å². The molecule has 11 heteroatoms. The van der Waals surface area contributed by atoms with E-state index < -0.39 is 76.6 Å². The van der Waals surface area contributed by atoms with Crippen molar-refractivity contribution in [3.05, 3.63) is 125 Å². The van der Waals surface area contributed by atoms with E-state index in [2.05, 4.69) is 20.9 Å². The number of aromatic hydroxyl groups is 1. The number of benzene rings is 1. The first-order valence-electron chi connectivity index (χ1n) is 13.0. The monoisotopic (exact) mass is 631 g/mol. The summed E-state index contributed by atoms with van der Waals surface area (Å²) in [4.78, 5) is 69.1. The van der Waals surface area contributed by atoms with E-state index >= 15 is 0 Å². The fourth-order valence-corrected chi connectivity index (χ4v) is 6.39. The summed E-state index contributed by atoms with van der Waals surface area (Å²) in [5.41, 5.74) is -5.79. The largest absolute Gasteiger partial charge is 0.510 e. The molecule has 2 aromatic rings. The number of phenols is 1. The second-order valence-electron chi connectivity index (χ2n) is 10.2. The van der Waals surface area contributed by atoms with Gasteiger partial charge in [-0.25, -0.2) is 0 Å². The van der Waals surface area contributed by atoms with Crippen molar-refractivity contribution < 1.29 is 20.1 Å². The van der Waals surface area contributed by atoms with E-state index in [4.69, 9.17) is 4.74 Å². The zero-order chi connectivity index (χ0) is 30.1. The van der Waals surface area contributed by atoms with Gasteiger partial charge in [0, 0.05) is 22.7 Å². The van der Waals surface area contributed by atoms with Crippen molar-refractivity contribution in [2.45, 2.75) is 25.2 Å². The lowest BCUT2D eigenvalue weighted by Crippen LogP contribution is -2.52. The summed E-state index contributed by atoms with van der Waals surface area (Å²) in [6.45, 7) is 1.85. The smallest absolute Gasteiger partial charge is 0.260 e. The molecule has 4 aliphatic rings. The number of rotatable bonds is 5. The summed E-state index contributed by atoms with van der Waals surface area (Å²) < 4.78 is 5.28. The predicted molar refractivity (Wildman–Crippen MR) is 160 cm³/mol. The Labute approximate surface area is 243 Å². The third-order valence-electron chi connectivity index (χ3n) is 7.97. The normalized spacial score (nSPS) is 17.9. The van der Waals surface area contributed by atoms with Gasteiger partial charge in [0.05, 0.1) is 32.9 Å². The minimum atomic E-state index is -1.94. The van der Waals surface area contributed by atoms with E-state index in [0.29, 0.717) is 22.0 Å². The highest BCUT2D eigenvalue weighted by atomic mass is 79.9. The van der Waals surface area contributed by atoms with Gasteiger partial charge in [-0.2, -0.15) is 0 Å². The molecule has 0 fully saturated rings. The molecule has 42 heavy (non-hydrogen) atoms. The zero-order valence-corrected chi connectivity index (χ0v) is 23.6. The number of H-pyrrole nitrogens is 1. The molecule has 0 saturated carbocycles. The van der Waals surface area contributed by atoms with Gasteiger partial charge in [-0.05, 0) is 42.9 Å². The van der Waals surface area contributed by atoms with Gasteiger partial charge in [0.1, 0.15) is 22.7 Å². The standard InChI is InChI=1S/C31H22BrNO9/c1-2-3-4-5-15-11-14-10-13-6-7-31(23(13)27(38)18(14)30(41)33-15)28(39)21-22(29(31)40)26(37)20-19(25(21)36)16(34)12-17(24(20)35)42-9-8-32/h2-5,10-12,38-40H,6-9H2,1H3,(H,33,41)/t31-/m0/s1. The van der Waals surface area contributed by atoms with Crippen LogP contribution in [0.3, 0.4) is 0 Å². The van der Waals surface area contributed by atoms with Gasteiger partial charge >= 0.3 is 0 Å². The summed E-state index contributed by atoms with van der Waals surface area (Å²) in [6, 6.07) is 4.14. The molecule has 0 radical (unpaired) electrons. The van der Waals surface area contributed by atoms with Crippen LogP contribution < -0.4 is 42.4 Å². The van der Waals surface area contributed by atoms with Gasteiger partial charge in [0.25, 0.3) is 5.56 Å². The number of aliphatic hydroxyl groups is 2. The van der Waals surface area contributed by atoms with Crippen LogP contribution in [-0.4, -0.2) is 32.2 Å². The molecule has 0 unspecified atom stereocenters. The van der Waals surface area contributed by atoms with Crippen LogP contribution in [-0.2, 0) is 11.8 Å². The number of aromatic amines is 1. The highest BCUT2D eigenvalue weighted by Crippen LogP contribution is 2.54. The van der Waals surface area contributed by atoms with Crippen molar-refractivity contribution in [2.75, 3.05) is 11.9 Å². The first-order valence-corrected chi connectivity index (χ1v) is 14.1. The second kappa shape index (κ2) is 9.66. The van der Waals surface area contributed by atoms with Crippen LogP contribution in [0.5, 0.6) is 11.5 Å². The lowest BCUT2D eigenvalue weighted by atomic mass is 9.78. The predicted octanol–water partition coefficient (Wildman–Crippen LogP) is 0.868. The molecule has 10 nitrogen and oxygen atoms in total. The van der Waals surface area contributed by atoms with Crippen LogP contribution in [0.15, 0.2) is 60.4 Å². The van der Waals surface area contributed by atoms with Crippen LogP contribution in [0, 0.1) is 10.4 Å². The average molecular weight is 632 g/mol. The number of hydrogen-bond acceptors (Lipinski definition) is 9. The molecule has 0 amide bonds. The molecular weight excluding hydrogens is 610 g/mol. The third kappa shape index (κ3) is 3.52. The van der Waals surface area contributed by atoms with E-state index in [-0.39, 0.29) is 30.4 Å². The molecule has 4 aliphatic carbocycles. The summed E-state index contributed by atoms with van der Waals surface area (Å²) in [5, 5.41) is 32.5. The fraction of sp³-hybridized carbons (Fsp3) is 0.194. The highest BCUT2D eigenvalue weighted by Gasteiger charge is 2.53. The van der Waals surface area contributed by atoms with E-state index in [1.165, 1.54) is 0 Å². The number of allylic oxidation sites excluding steroid dienone is 3. The Bertz CT molecular complexity index is 2400. The van der Waals surface area contributed by atoms with Gasteiger partial charge in [0.15, 0.2) is 11.2 Å². The molecule has 4 N–H and O–H groups in total. The summed E-state index contributed by atoms with van der Waals surface area (Å²) >= 11 is 3.14. The first-order chi connectivity index (χ1) is 20.1. The Morgan fingerprint density at radius 2 is 1.62 bits per heavy atom. The fourth-order valence-electron chi connectivity index (χ4n) is 6.23. The van der Waals surface area contributed by atoms with Crippen LogP contribution in [0.4, 0.5) is 0 Å². The minimum Gasteiger partial charge on any atom is -0.510 e. The van der Waals surface area contributed by atoms with Gasteiger partial charge in [0.2, 0.25) is 16.3 Å². The van der Waals surface area contributed by atoms with Crippen LogP contribution >= 0.6 is 15.9 Å². The number of pyridine rings is 1. The van der Waals surface area contributed by atoms with Crippen LogP contribution in [0.1, 0.15) is 30.2 Å². The molecule has 0 bridgehead atoms. The van der Waals surface area contributed by atoms with Crippen molar-refractivity contribution in [3.63, 3.8) is 0 Å². The maximum atomic E-state index is 13.7. The molecule has 212 valence electrons. The molecule has 0 saturated heterocycles. The molecule has 1 aromatic carbocycles. The maximum absolute atomic E-state index is 13.7. The van der Waals surface area contributed by atoms with Gasteiger partial charge in [-0.3, -0.25) is 24.0 Å². The number of hydrogen-bond donors (Lipinski definition) is 4. The number of aromatic nitrogens is 1. The van der Waals surface area contributed by atoms with Gasteiger partial charge < -0.3 is 25.0 Å². The number of halogens is 1. The van der Waals surface area contributed by atoms with Crippen molar-refractivity contribution in [1.82, 2.24) is 4.98 Å². The Kier molecular flexibility index (Phi) is 6.30. The molecule has 1 atom stereocenters. The Morgan fingerprint density at radius 3 is 2.29 bits per heavy atom. The average Bonchev–Trinajstić information content (AvgIpc) is 3.44. The lowest BCUT2D eigenvalue weighted by molar-refractivity contribution is 0.341. The van der Waals surface area contributed by atoms with E-state index in [1.807, 2.05) is 13.0 Å². The lowest BCUT2D eigenvalue weighted by Gasteiger charge is -2.27. The number of fused-ring (bicyclic) bond motifs is 4. The van der Waals surface area contributed by atoms with Crippen molar-refractivity contribution in [1.29, 1.82) is 0 Å². The number of ether oxygens (including phenoxy) is 1. The summed E-state index contributed by atoms with van der Waals surface area (Å²) in [7, 11) is 0. The zero-order valence-electron chi connectivity index (χ0n) is 22.0. The number of aryl methyl sites for hydroxylation is 1. The number of alkyl halides is 1. The molecular formula is C31H22BrNO9. The Hall–Kier alpha value is -4.77. The maximum Gasteiger partial charge on any atom is 0.260 e. The molecule has 1 aromatic heterocycles. The van der Waals surface area contributed by atoms with Gasteiger partial charge in [-0.15, -0.1) is 0 Å². The van der Waals surface area contributed by atoms with Crippen molar-refractivity contribution >= 4 is 44.3 Å². The highest BCUT2D eigenvalue weighted by molar-refractivity contribution is 9.09. The first kappa shape index (κ1) is 27.4. The number of phenolic OH excluding ortho intramolecular Hbond substituents is 1. The summed E-state index contributed by atoms with van der Waals surface area (Å²) in [5.74, 6) is -2.42. The molecule has 1 heterocycles. The molecule has 0 aliphatic heterocycles. The van der Waals surface area contributed by atoms with Crippen molar-refractivity contribution in [3.8, 4) is 11.5 Å². The quantitative estimate of drug-likeness (QED) is 0.184. The number of nitrogens with one attached hydrogen (secondary N) is 1. The Morgan fingerprint density at radius 1 is 0.929 bits per heavy atom. The topological polar surface area (TPSA) is 171 Å². The second-order valence-corrected chi connectivity index (χ2v) is 11.0. The third-order valence-corrected chi connectivity index (χ3v) is 8.29. The number of aliphatic hydroxyl groups excluding tert-OH is 2. The van der Waals surface area contributed by atoms with Crippen LogP contribution in [0.25, 0.3) is 28.4 Å². The van der Waals surface area contributed by atoms with Gasteiger partial charge in [-0.1, -0.05) is 40.2 Å². The van der Waals surface area contributed by atoms with E-state index in [1.54, 1.807) is 30.4 Å². The molecule has 6 rings (SSSR count). The molecule has 1 spiro atoms. The summed E-state index contributed by atoms with van der Waals surface area (Å²) in [6.07, 6.45) is 7.15. The van der Waals surface area contributed by atoms with Crippen LogP contribution in [0.2, 0.25) is 0 Å². The van der Waals surface area contributed by atoms with Crippen molar-refractivity contribution in [2.24, 2.45) is 0 Å².